The van der Waals surface area contributed by atoms with Gasteiger partial charge in [0.25, 0.3) is 0 Å². The number of amides is 2. The third kappa shape index (κ3) is 1.83. The molecular formula is C7H15N3O. The van der Waals surface area contributed by atoms with Crippen LogP contribution in [0.15, 0.2) is 0 Å². The molecule has 0 aliphatic carbocycles. The zero-order valence-electron chi connectivity index (χ0n) is 6.92. The molecule has 2 N–H and O–H groups in total. The van der Waals surface area contributed by atoms with E-state index in [9.17, 15) is 4.79 Å². The second-order valence-electron chi connectivity index (χ2n) is 2.83. The Morgan fingerprint density at radius 2 is 2.27 bits per heavy atom. The lowest BCUT2D eigenvalue weighted by Crippen LogP contribution is -2.31. The molecule has 4 nitrogen and oxygen atoms in total. The molecular weight excluding hydrogens is 142 g/mol. The molecule has 0 bridgehead atoms. The first-order valence-electron chi connectivity index (χ1n) is 3.96. The number of nitrogens with two attached hydrogens (primary N) is 1. The fourth-order valence-electron chi connectivity index (χ4n) is 1.19. The first-order valence-corrected chi connectivity index (χ1v) is 3.96. The predicted molar refractivity (Wildman–Crippen MR) is 43.3 cm³/mol. The minimum atomic E-state index is 0.137. The number of carbonyl (C=O) groups is 1. The molecule has 2 amide bonds. The molecule has 64 valence electrons. The SMILES string of the molecule is CN1CCN(CCCN)C1=O. The van der Waals surface area contributed by atoms with Gasteiger partial charge in [-0.15, -0.1) is 0 Å². The lowest BCUT2D eigenvalue weighted by molar-refractivity contribution is 0.198. The van der Waals surface area contributed by atoms with Crippen LogP contribution in [0.5, 0.6) is 0 Å². The van der Waals surface area contributed by atoms with E-state index < -0.39 is 0 Å². The summed E-state index contributed by atoms with van der Waals surface area (Å²) in [5, 5.41) is 0. The zero-order chi connectivity index (χ0) is 8.27. The number of nitrogens with zero attached hydrogens (tertiary/aromatic N) is 2. The maximum absolute atomic E-state index is 11.2. The van der Waals surface area contributed by atoms with Gasteiger partial charge in [-0.1, -0.05) is 0 Å². The van der Waals surface area contributed by atoms with Crippen LogP contribution < -0.4 is 5.73 Å². The smallest absolute Gasteiger partial charge is 0.319 e. The third-order valence-corrected chi connectivity index (χ3v) is 1.93. The van der Waals surface area contributed by atoms with Crippen LogP contribution in [0.25, 0.3) is 0 Å². The normalized spacial score (nSPS) is 18.2. The highest BCUT2D eigenvalue weighted by molar-refractivity contribution is 5.76. The summed E-state index contributed by atoms with van der Waals surface area (Å²) in [6.07, 6.45) is 0.902. The Kier molecular flexibility index (Phi) is 2.70. The van der Waals surface area contributed by atoms with Crippen LogP contribution in [0.2, 0.25) is 0 Å². The highest BCUT2D eigenvalue weighted by Gasteiger charge is 2.23. The number of hydrogen-bond acceptors (Lipinski definition) is 2. The number of urea groups is 1. The Morgan fingerprint density at radius 3 is 2.73 bits per heavy atom. The lowest BCUT2D eigenvalue weighted by Gasteiger charge is -2.14. The quantitative estimate of drug-likeness (QED) is 0.611. The van der Waals surface area contributed by atoms with Gasteiger partial charge >= 0.3 is 6.03 Å². The first-order chi connectivity index (χ1) is 5.25. The monoisotopic (exact) mass is 157 g/mol. The number of likely N-dealkylation sites (N-methyl/N-ethyl adjacent to an activating group) is 1. The minimum absolute atomic E-state index is 0.137. The molecule has 1 rings (SSSR count). The van der Waals surface area contributed by atoms with Gasteiger partial charge in [-0.2, -0.15) is 0 Å². The topological polar surface area (TPSA) is 49.6 Å². The summed E-state index contributed by atoms with van der Waals surface area (Å²) < 4.78 is 0. The van der Waals surface area contributed by atoms with Crippen LogP contribution in [0.4, 0.5) is 4.79 Å². The van der Waals surface area contributed by atoms with E-state index in [4.69, 9.17) is 5.73 Å². The fraction of sp³-hybridized carbons (Fsp3) is 0.857. The molecule has 0 saturated carbocycles. The van der Waals surface area contributed by atoms with Crippen LogP contribution in [0.3, 0.4) is 0 Å². The summed E-state index contributed by atoms with van der Waals surface area (Å²) in [6, 6.07) is 0.137. The van der Waals surface area contributed by atoms with Gasteiger partial charge in [-0.25, -0.2) is 4.79 Å². The van der Waals surface area contributed by atoms with E-state index in [0.29, 0.717) is 6.54 Å². The van der Waals surface area contributed by atoms with Crippen molar-refractivity contribution in [3.05, 3.63) is 0 Å². The Bertz CT molecular complexity index is 149. The van der Waals surface area contributed by atoms with Gasteiger partial charge < -0.3 is 15.5 Å². The molecule has 11 heavy (non-hydrogen) atoms. The van der Waals surface area contributed by atoms with E-state index in [1.807, 2.05) is 11.9 Å². The van der Waals surface area contributed by atoms with E-state index in [2.05, 4.69) is 0 Å². The van der Waals surface area contributed by atoms with Crippen molar-refractivity contribution in [2.75, 3.05) is 33.2 Å². The van der Waals surface area contributed by atoms with Crippen LogP contribution in [0.1, 0.15) is 6.42 Å². The molecule has 1 aliphatic rings. The summed E-state index contributed by atoms with van der Waals surface area (Å²) in [5.74, 6) is 0. The van der Waals surface area contributed by atoms with Crippen molar-refractivity contribution in [3.8, 4) is 0 Å². The third-order valence-electron chi connectivity index (χ3n) is 1.93. The van der Waals surface area contributed by atoms with Gasteiger partial charge in [-0.05, 0) is 13.0 Å². The lowest BCUT2D eigenvalue weighted by atomic mass is 10.4. The van der Waals surface area contributed by atoms with Crippen molar-refractivity contribution in [2.45, 2.75) is 6.42 Å². The molecule has 1 aliphatic heterocycles. The largest absolute Gasteiger partial charge is 0.330 e. The molecule has 0 aromatic rings. The number of hydrogen-bond donors (Lipinski definition) is 1. The van der Waals surface area contributed by atoms with Gasteiger partial charge in [0.05, 0.1) is 0 Å². The van der Waals surface area contributed by atoms with E-state index in [0.717, 1.165) is 26.1 Å². The summed E-state index contributed by atoms with van der Waals surface area (Å²) in [4.78, 5) is 14.8. The highest BCUT2D eigenvalue weighted by atomic mass is 16.2. The van der Waals surface area contributed by atoms with E-state index in [1.54, 1.807) is 4.90 Å². The maximum Gasteiger partial charge on any atom is 0.319 e. The van der Waals surface area contributed by atoms with E-state index in [-0.39, 0.29) is 6.03 Å². The van der Waals surface area contributed by atoms with E-state index in [1.165, 1.54) is 0 Å². The van der Waals surface area contributed by atoms with E-state index >= 15 is 0 Å². The van der Waals surface area contributed by atoms with Crippen LogP contribution in [0, 0.1) is 0 Å². The van der Waals surface area contributed by atoms with Gasteiger partial charge in [0.15, 0.2) is 0 Å². The average Bonchev–Trinajstić information content (AvgIpc) is 2.31. The Hall–Kier alpha value is -0.770. The van der Waals surface area contributed by atoms with Crippen LogP contribution >= 0.6 is 0 Å². The second kappa shape index (κ2) is 3.57. The fourth-order valence-corrected chi connectivity index (χ4v) is 1.19. The summed E-state index contributed by atoms with van der Waals surface area (Å²) in [7, 11) is 1.82. The second-order valence-corrected chi connectivity index (χ2v) is 2.83. The van der Waals surface area contributed by atoms with Crippen molar-refractivity contribution in [2.24, 2.45) is 5.73 Å². The minimum Gasteiger partial charge on any atom is -0.330 e. The molecule has 4 heteroatoms. The molecule has 0 aromatic carbocycles. The van der Waals surface area contributed by atoms with Crippen molar-refractivity contribution in [3.63, 3.8) is 0 Å². The van der Waals surface area contributed by atoms with Crippen LogP contribution in [-0.4, -0.2) is 49.1 Å². The molecule has 0 spiro atoms. The van der Waals surface area contributed by atoms with Gasteiger partial charge in [0, 0.05) is 26.7 Å². The highest BCUT2D eigenvalue weighted by Crippen LogP contribution is 2.05. The predicted octanol–water partition coefficient (Wildman–Crippen LogP) is -0.297. The molecule has 0 unspecified atom stereocenters. The Labute approximate surface area is 66.9 Å². The van der Waals surface area contributed by atoms with Gasteiger partial charge in [-0.3, -0.25) is 0 Å². The maximum atomic E-state index is 11.2. The van der Waals surface area contributed by atoms with Crippen molar-refractivity contribution in [1.82, 2.24) is 9.80 Å². The molecule has 1 saturated heterocycles. The number of rotatable bonds is 3. The zero-order valence-corrected chi connectivity index (χ0v) is 6.92. The van der Waals surface area contributed by atoms with Crippen molar-refractivity contribution in [1.29, 1.82) is 0 Å². The van der Waals surface area contributed by atoms with Gasteiger partial charge in [0.1, 0.15) is 0 Å². The molecule has 0 atom stereocenters. The first kappa shape index (κ1) is 8.33. The van der Waals surface area contributed by atoms with Crippen molar-refractivity contribution < 1.29 is 4.79 Å². The van der Waals surface area contributed by atoms with Crippen LogP contribution in [-0.2, 0) is 0 Å². The number of carbonyl (C=O) groups excluding carboxylic acids is 1. The molecule has 1 fully saturated rings. The van der Waals surface area contributed by atoms with Crippen molar-refractivity contribution >= 4 is 6.03 Å². The summed E-state index contributed by atoms with van der Waals surface area (Å²) >= 11 is 0. The summed E-state index contributed by atoms with van der Waals surface area (Å²) in [6.45, 7) is 3.17. The molecule has 1 heterocycles. The summed E-state index contributed by atoms with van der Waals surface area (Å²) in [5.41, 5.74) is 5.34. The standard InChI is InChI=1S/C7H15N3O/c1-9-5-6-10(7(9)11)4-2-3-8/h2-6,8H2,1H3. The molecule has 0 aromatic heterocycles. The Balaban J connectivity index is 2.30. The van der Waals surface area contributed by atoms with Gasteiger partial charge in [0.2, 0.25) is 0 Å². The average molecular weight is 157 g/mol. The Morgan fingerprint density at radius 1 is 1.55 bits per heavy atom. The molecule has 0 radical (unpaired) electrons.